The van der Waals surface area contributed by atoms with Gasteiger partial charge < -0.3 is 14.8 Å². The van der Waals surface area contributed by atoms with E-state index in [2.05, 4.69) is 14.1 Å². The molecule has 1 amide bonds. The third kappa shape index (κ3) is 3.40. The molecule has 0 fully saturated rings. The predicted octanol–water partition coefficient (Wildman–Crippen LogP) is 3.11. The topological polar surface area (TPSA) is 73.3 Å². The Morgan fingerprint density at radius 1 is 1.13 bits per heavy atom. The monoisotopic (exact) mass is 329 g/mol. The molecular formula is C16H15N3O3S. The maximum Gasteiger partial charge on any atom is 0.265 e. The van der Waals surface area contributed by atoms with Crippen molar-refractivity contribution in [3.63, 3.8) is 0 Å². The normalized spacial score (nSPS) is 11.9. The molecule has 0 aliphatic carbocycles. The molecule has 0 unspecified atom stereocenters. The molecule has 6 nitrogen and oxygen atoms in total. The second-order valence-corrected chi connectivity index (χ2v) is 5.40. The van der Waals surface area contributed by atoms with E-state index in [1.54, 1.807) is 38.3 Å². The fraction of sp³-hybridized carbons (Fsp3) is 0.188. The molecule has 3 aromatic rings. The zero-order valence-electron chi connectivity index (χ0n) is 12.6. The van der Waals surface area contributed by atoms with Gasteiger partial charge in [-0.1, -0.05) is 12.1 Å². The highest BCUT2D eigenvalue weighted by Crippen LogP contribution is 2.27. The van der Waals surface area contributed by atoms with Crippen LogP contribution in [0.15, 0.2) is 42.5 Å². The summed E-state index contributed by atoms with van der Waals surface area (Å²) in [6.45, 7) is 1.69. The molecule has 118 valence electrons. The Hall–Kier alpha value is -2.67. The first-order valence-electron chi connectivity index (χ1n) is 7.00. The van der Waals surface area contributed by atoms with Crippen molar-refractivity contribution < 1.29 is 14.3 Å². The number of benzene rings is 2. The number of carbonyl (C=O) groups excluding carboxylic acids is 1. The van der Waals surface area contributed by atoms with Crippen LogP contribution < -0.4 is 14.8 Å². The van der Waals surface area contributed by atoms with Gasteiger partial charge in [-0.2, -0.15) is 8.75 Å². The van der Waals surface area contributed by atoms with Crippen molar-refractivity contribution >= 4 is 34.4 Å². The average Bonchev–Trinajstić information content (AvgIpc) is 3.03. The van der Waals surface area contributed by atoms with E-state index in [1.165, 1.54) is 0 Å². The predicted molar refractivity (Wildman–Crippen MR) is 89.1 cm³/mol. The molecule has 1 heterocycles. The van der Waals surface area contributed by atoms with Gasteiger partial charge in [0, 0.05) is 5.69 Å². The van der Waals surface area contributed by atoms with Gasteiger partial charge in [0.15, 0.2) is 17.6 Å². The molecule has 3 rings (SSSR count). The molecular weight excluding hydrogens is 314 g/mol. The Balaban J connectivity index is 1.69. The molecule has 1 N–H and O–H groups in total. The molecule has 0 aliphatic rings. The number of methoxy groups -OCH3 is 1. The van der Waals surface area contributed by atoms with E-state index in [4.69, 9.17) is 9.47 Å². The summed E-state index contributed by atoms with van der Waals surface area (Å²) in [7, 11) is 1.56. The van der Waals surface area contributed by atoms with Crippen LogP contribution in [-0.2, 0) is 4.79 Å². The number of carbonyl (C=O) groups is 1. The number of rotatable bonds is 5. The van der Waals surface area contributed by atoms with Gasteiger partial charge in [-0.15, -0.1) is 0 Å². The van der Waals surface area contributed by atoms with E-state index in [0.29, 0.717) is 17.2 Å². The molecule has 7 heteroatoms. The third-order valence-corrected chi connectivity index (χ3v) is 3.82. The van der Waals surface area contributed by atoms with Gasteiger partial charge in [0.2, 0.25) is 0 Å². The zero-order valence-corrected chi connectivity index (χ0v) is 13.5. The Morgan fingerprint density at radius 3 is 2.65 bits per heavy atom. The third-order valence-electron chi connectivity index (χ3n) is 3.26. The maximum absolute atomic E-state index is 12.3. The van der Waals surface area contributed by atoms with Crippen LogP contribution in [0.3, 0.4) is 0 Å². The Bertz CT molecular complexity index is 834. The lowest BCUT2D eigenvalue weighted by atomic mass is 10.2. The highest BCUT2D eigenvalue weighted by Gasteiger charge is 2.17. The number of para-hydroxylation sites is 2. The number of anilines is 1. The molecule has 1 atom stereocenters. The number of nitrogens with zero attached hydrogens (tertiary/aromatic N) is 2. The van der Waals surface area contributed by atoms with Crippen molar-refractivity contribution in [2.75, 3.05) is 12.4 Å². The van der Waals surface area contributed by atoms with E-state index in [1.807, 2.05) is 18.2 Å². The van der Waals surface area contributed by atoms with Gasteiger partial charge in [0.25, 0.3) is 5.91 Å². The fourth-order valence-corrected chi connectivity index (χ4v) is 2.58. The second kappa shape index (κ2) is 6.62. The number of ether oxygens (including phenoxy) is 2. The van der Waals surface area contributed by atoms with E-state index < -0.39 is 6.10 Å². The SMILES string of the molecule is COc1ccccc1O[C@@H](C)C(=O)Nc1ccc2nsnc2c1. The summed E-state index contributed by atoms with van der Waals surface area (Å²) in [6.07, 6.45) is -0.671. The lowest BCUT2D eigenvalue weighted by Gasteiger charge is -2.16. The molecule has 0 aliphatic heterocycles. The van der Waals surface area contributed by atoms with Gasteiger partial charge in [-0.05, 0) is 37.3 Å². The van der Waals surface area contributed by atoms with E-state index in [9.17, 15) is 4.79 Å². The van der Waals surface area contributed by atoms with E-state index in [0.717, 1.165) is 22.8 Å². The number of amides is 1. The van der Waals surface area contributed by atoms with Crippen molar-refractivity contribution in [1.29, 1.82) is 0 Å². The molecule has 23 heavy (non-hydrogen) atoms. The summed E-state index contributed by atoms with van der Waals surface area (Å²) in [5.74, 6) is 0.859. The quantitative estimate of drug-likeness (QED) is 0.778. The highest BCUT2D eigenvalue weighted by molar-refractivity contribution is 7.00. The number of aromatic nitrogens is 2. The molecule has 0 spiro atoms. The average molecular weight is 329 g/mol. The summed E-state index contributed by atoms with van der Waals surface area (Å²) in [5, 5.41) is 2.81. The van der Waals surface area contributed by atoms with Crippen molar-refractivity contribution in [3.8, 4) is 11.5 Å². The van der Waals surface area contributed by atoms with E-state index >= 15 is 0 Å². The minimum absolute atomic E-state index is 0.251. The molecule has 2 aromatic carbocycles. The minimum atomic E-state index is -0.671. The first-order valence-corrected chi connectivity index (χ1v) is 7.73. The van der Waals surface area contributed by atoms with E-state index in [-0.39, 0.29) is 5.91 Å². The number of nitrogens with one attached hydrogen (secondary N) is 1. The maximum atomic E-state index is 12.3. The smallest absolute Gasteiger partial charge is 0.265 e. The number of hydrogen-bond donors (Lipinski definition) is 1. The van der Waals surface area contributed by atoms with Crippen LogP contribution in [0.2, 0.25) is 0 Å². The van der Waals surface area contributed by atoms with Crippen LogP contribution in [0.1, 0.15) is 6.92 Å². The molecule has 0 bridgehead atoms. The van der Waals surface area contributed by atoms with Crippen LogP contribution in [0.25, 0.3) is 11.0 Å². The van der Waals surface area contributed by atoms with Crippen LogP contribution in [0.4, 0.5) is 5.69 Å². The standard InChI is InChI=1S/C16H15N3O3S/c1-10(22-15-6-4-3-5-14(15)21-2)16(20)17-11-7-8-12-13(9-11)19-23-18-12/h3-10H,1-2H3,(H,17,20)/t10-/m0/s1. The second-order valence-electron chi connectivity index (χ2n) is 4.87. The summed E-state index contributed by atoms with van der Waals surface area (Å²) in [6, 6.07) is 12.6. The largest absolute Gasteiger partial charge is 0.493 e. The van der Waals surface area contributed by atoms with Crippen molar-refractivity contribution in [1.82, 2.24) is 8.75 Å². The zero-order chi connectivity index (χ0) is 16.2. The summed E-state index contributed by atoms with van der Waals surface area (Å²) < 4.78 is 19.2. The van der Waals surface area contributed by atoms with Crippen molar-refractivity contribution in [2.45, 2.75) is 13.0 Å². The van der Waals surface area contributed by atoms with Gasteiger partial charge >= 0.3 is 0 Å². The summed E-state index contributed by atoms with van der Waals surface area (Å²) >= 11 is 1.14. The molecule has 0 radical (unpaired) electrons. The first-order chi connectivity index (χ1) is 11.2. The van der Waals surface area contributed by atoms with Crippen LogP contribution in [0, 0.1) is 0 Å². The van der Waals surface area contributed by atoms with Gasteiger partial charge in [-0.25, -0.2) is 0 Å². The fourth-order valence-electron chi connectivity index (χ4n) is 2.06. The van der Waals surface area contributed by atoms with Crippen molar-refractivity contribution in [3.05, 3.63) is 42.5 Å². The lowest BCUT2D eigenvalue weighted by molar-refractivity contribution is -0.122. The Kier molecular flexibility index (Phi) is 4.38. The van der Waals surface area contributed by atoms with Crippen LogP contribution in [0.5, 0.6) is 11.5 Å². The highest BCUT2D eigenvalue weighted by atomic mass is 32.1. The summed E-state index contributed by atoms with van der Waals surface area (Å²) in [5.41, 5.74) is 2.23. The molecule has 0 saturated heterocycles. The molecule has 0 saturated carbocycles. The lowest BCUT2D eigenvalue weighted by Crippen LogP contribution is -2.30. The number of fused-ring (bicyclic) bond motifs is 1. The van der Waals surface area contributed by atoms with Crippen molar-refractivity contribution in [2.24, 2.45) is 0 Å². The van der Waals surface area contributed by atoms with Gasteiger partial charge in [-0.3, -0.25) is 4.79 Å². The van der Waals surface area contributed by atoms with Gasteiger partial charge in [0.05, 0.1) is 18.8 Å². The Morgan fingerprint density at radius 2 is 1.87 bits per heavy atom. The molecule has 1 aromatic heterocycles. The first kappa shape index (κ1) is 15.2. The van der Waals surface area contributed by atoms with Crippen LogP contribution in [-0.4, -0.2) is 27.9 Å². The van der Waals surface area contributed by atoms with Gasteiger partial charge in [0.1, 0.15) is 11.0 Å². The Labute approximate surface area is 137 Å². The minimum Gasteiger partial charge on any atom is -0.493 e. The summed E-state index contributed by atoms with van der Waals surface area (Å²) in [4.78, 5) is 12.3. The van der Waals surface area contributed by atoms with Crippen LogP contribution >= 0.6 is 11.7 Å². The number of hydrogen-bond acceptors (Lipinski definition) is 6.